The molecule has 0 bridgehead atoms. The molecule has 0 spiro atoms. The summed E-state index contributed by atoms with van der Waals surface area (Å²) < 4.78 is 13.4. The first kappa shape index (κ1) is 13.9. The Kier molecular flexibility index (Phi) is 3.77. The Balaban J connectivity index is 2.18. The lowest BCUT2D eigenvalue weighted by Gasteiger charge is -2.18. The molecule has 104 valence electrons. The molecule has 21 heavy (non-hydrogen) atoms. The van der Waals surface area contributed by atoms with E-state index in [-0.39, 0.29) is 0 Å². The molecule has 0 aliphatic rings. The number of hydrogen-bond donors (Lipinski definition) is 0. The summed E-state index contributed by atoms with van der Waals surface area (Å²) in [5.41, 5.74) is 2.15. The second kappa shape index (κ2) is 5.71. The van der Waals surface area contributed by atoms with Gasteiger partial charge in [0.2, 0.25) is 0 Å². The van der Waals surface area contributed by atoms with Crippen molar-refractivity contribution in [3.63, 3.8) is 0 Å². The molecular weight excluding hydrogens is 275 g/mol. The van der Waals surface area contributed by atoms with Crippen LogP contribution in [0.2, 0.25) is 0 Å². The van der Waals surface area contributed by atoms with E-state index in [9.17, 15) is 4.57 Å². The van der Waals surface area contributed by atoms with E-state index in [1.807, 2.05) is 79.5 Å². The van der Waals surface area contributed by atoms with Crippen molar-refractivity contribution in [3.05, 3.63) is 84.9 Å². The van der Waals surface area contributed by atoms with Gasteiger partial charge in [-0.25, -0.2) is 0 Å². The molecule has 0 unspecified atom stereocenters. The molecule has 1 atom stereocenters. The standard InChI is InChI=1S/C19H17OP/c1-21(20,17-12-6-3-7-13-17)19-15-9-8-14-18(19)16-10-4-2-5-11-16/h2-15H,1H3/t21-/m0/s1. The summed E-state index contributed by atoms with van der Waals surface area (Å²) in [5.74, 6) is 0. The Morgan fingerprint density at radius 3 is 1.86 bits per heavy atom. The monoisotopic (exact) mass is 292 g/mol. The molecule has 0 saturated heterocycles. The van der Waals surface area contributed by atoms with Crippen molar-refractivity contribution in [2.24, 2.45) is 0 Å². The minimum atomic E-state index is -2.60. The average Bonchev–Trinajstić information content (AvgIpc) is 2.56. The third-order valence-electron chi connectivity index (χ3n) is 3.70. The maximum atomic E-state index is 13.4. The topological polar surface area (TPSA) is 17.1 Å². The van der Waals surface area contributed by atoms with E-state index in [4.69, 9.17) is 0 Å². The van der Waals surface area contributed by atoms with Crippen molar-refractivity contribution < 1.29 is 4.57 Å². The summed E-state index contributed by atoms with van der Waals surface area (Å²) in [6, 6.07) is 27.8. The highest BCUT2D eigenvalue weighted by atomic mass is 31.2. The van der Waals surface area contributed by atoms with Crippen LogP contribution in [-0.2, 0) is 4.57 Å². The van der Waals surface area contributed by atoms with Crippen LogP contribution in [0.25, 0.3) is 11.1 Å². The van der Waals surface area contributed by atoms with E-state index in [0.29, 0.717) is 0 Å². The van der Waals surface area contributed by atoms with E-state index < -0.39 is 7.14 Å². The maximum absolute atomic E-state index is 13.4. The molecule has 1 nitrogen and oxygen atoms in total. The van der Waals surface area contributed by atoms with Gasteiger partial charge in [-0.15, -0.1) is 0 Å². The fourth-order valence-corrected chi connectivity index (χ4v) is 4.61. The third-order valence-corrected chi connectivity index (χ3v) is 6.29. The molecule has 3 aromatic carbocycles. The summed E-state index contributed by atoms with van der Waals surface area (Å²) in [7, 11) is -2.60. The van der Waals surface area contributed by atoms with Crippen molar-refractivity contribution in [1.29, 1.82) is 0 Å². The average molecular weight is 292 g/mol. The first-order valence-corrected chi connectivity index (χ1v) is 9.13. The molecule has 3 rings (SSSR count). The van der Waals surface area contributed by atoms with Crippen LogP contribution in [0.5, 0.6) is 0 Å². The van der Waals surface area contributed by atoms with Gasteiger partial charge in [0.05, 0.1) is 0 Å². The lowest BCUT2D eigenvalue weighted by Crippen LogP contribution is -2.16. The second-order valence-electron chi connectivity index (χ2n) is 5.14. The summed E-state index contributed by atoms with van der Waals surface area (Å²) in [5, 5.41) is 1.82. The quantitative estimate of drug-likeness (QED) is 0.658. The predicted octanol–water partition coefficient (Wildman–Crippen LogP) is 4.30. The van der Waals surface area contributed by atoms with Crippen LogP contribution in [0.15, 0.2) is 84.9 Å². The van der Waals surface area contributed by atoms with Crippen LogP contribution in [-0.4, -0.2) is 6.66 Å². The Morgan fingerprint density at radius 2 is 1.19 bits per heavy atom. The lowest BCUT2D eigenvalue weighted by atomic mass is 10.1. The van der Waals surface area contributed by atoms with Gasteiger partial charge in [-0.3, -0.25) is 0 Å². The van der Waals surface area contributed by atoms with Crippen LogP contribution >= 0.6 is 7.14 Å². The van der Waals surface area contributed by atoms with Crippen LogP contribution < -0.4 is 10.6 Å². The third kappa shape index (κ3) is 2.70. The fourth-order valence-electron chi connectivity index (χ4n) is 2.56. The molecule has 0 saturated carbocycles. The molecule has 0 aliphatic heterocycles. The molecule has 0 amide bonds. The minimum Gasteiger partial charge on any atom is -0.314 e. The van der Waals surface area contributed by atoms with Crippen LogP contribution in [0, 0.1) is 0 Å². The van der Waals surface area contributed by atoms with Crippen molar-refractivity contribution >= 4 is 17.8 Å². The summed E-state index contributed by atoms with van der Waals surface area (Å²) in [6.45, 7) is 1.85. The Hall–Kier alpha value is -2.11. The van der Waals surface area contributed by atoms with Gasteiger partial charge in [0, 0.05) is 10.6 Å². The molecule has 0 N–H and O–H groups in total. The van der Waals surface area contributed by atoms with Crippen LogP contribution in [0.3, 0.4) is 0 Å². The van der Waals surface area contributed by atoms with E-state index in [2.05, 4.69) is 12.1 Å². The first-order valence-electron chi connectivity index (χ1n) is 6.98. The molecule has 3 aromatic rings. The van der Waals surface area contributed by atoms with Crippen molar-refractivity contribution in [3.8, 4) is 11.1 Å². The van der Waals surface area contributed by atoms with Crippen molar-refractivity contribution in [2.45, 2.75) is 0 Å². The fraction of sp³-hybridized carbons (Fsp3) is 0.0526. The highest BCUT2D eigenvalue weighted by molar-refractivity contribution is 7.78. The molecule has 0 radical (unpaired) electrons. The summed E-state index contributed by atoms with van der Waals surface area (Å²) in [6.07, 6.45) is 0. The van der Waals surface area contributed by atoms with E-state index in [1.54, 1.807) is 0 Å². The van der Waals surface area contributed by atoms with Gasteiger partial charge in [0.1, 0.15) is 7.14 Å². The highest BCUT2D eigenvalue weighted by Crippen LogP contribution is 2.41. The zero-order valence-corrected chi connectivity index (χ0v) is 12.8. The zero-order chi connectivity index (χ0) is 14.7. The number of benzene rings is 3. The Morgan fingerprint density at radius 1 is 0.667 bits per heavy atom. The molecule has 0 aliphatic carbocycles. The number of hydrogen-bond acceptors (Lipinski definition) is 1. The lowest BCUT2D eigenvalue weighted by molar-refractivity contribution is 0.590. The minimum absolute atomic E-state index is 0.897. The Bertz CT molecular complexity index is 779. The second-order valence-corrected chi connectivity index (χ2v) is 7.99. The van der Waals surface area contributed by atoms with Gasteiger partial charge >= 0.3 is 0 Å². The largest absolute Gasteiger partial charge is 0.314 e. The first-order chi connectivity index (χ1) is 10.2. The van der Waals surface area contributed by atoms with Gasteiger partial charge in [-0.05, 0) is 17.8 Å². The maximum Gasteiger partial charge on any atom is 0.140 e. The molecule has 0 fully saturated rings. The zero-order valence-electron chi connectivity index (χ0n) is 11.9. The van der Waals surface area contributed by atoms with E-state index in [0.717, 1.165) is 21.7 Å². The van der Waals surface area contributed by atoms with Gasteiger partial charge < -0.3 is 4.57 Å². The van der Waals surface area contributed by atoms with Gasteiger partial charge in [-0.2, -0.15) is 0 Å². The smallest absolute Gasteiger partial charge is 0.140 e. The molecule has 2 heteroatoms. The van der Waals surface area contributed by atoms with Gasteiger partial charge in [0.25, 0.3) is 0 Å². The summed E-state index contributed by atoms with van der Waals surface area (Å²) >= 11 is 0. The van der Waals surface area contributed by atoms with Crippen LogP contribution in [0.1, 0.15) is 0 Å². The molecular formula is C19H17OP. The van der Waals surface area contributed by atoms with Crippen molar-refractivity contribution in [1.82, 2.24) is 0 Å². The Labute approximate surface area is 125 Å². The highest BCUT2D eigenvalue weighted by Gasteiger charge is 2.24. The molecule has 0 aromatic heterocycles. The predicted molar refractivity (Wildman–Crippen MR) is 91.1 cm³/mol. The van der Waals surface area contributed by atoms with E-state index in [1.165, 1.54) is 0 Å². The van der Waals surface area contributed by atoms with Crippen molar-refractivity contribution in [2.75, 3.05) is 6.66 Å². The van der Waals surface area contributed by atoms with Gasteiger partial charge in [0.15, 0.2) is 0 Å². The van der Waals surface area contributed by atoms with Crippen LogP contribution in [0.4, 0.5) is 0 Å². The SMILES string of the molecule is C[P@](=O)(c1ccccc1)c1ccccc1-c1ccccc1. The number of rotatable bonds is 3. The normalized spacial score (nSPS) is 13.6. The summed E-state index contributed by atoms with van der Waals surface area (Å²) in [4.78, 5) is 0. The molecule has 0 heterocycles. The van der Waals surface area contributed by atoms with E-state index >= 15 is 0 Å². The van der Waals surface area contributed by atoms with Gasteiger partial charge in [-0.1, -0.05) is 84.9 Å².